The molecule has 0 atom stereocenters. The van der Waals surface area contributed by atoms with Gasteiger partial charge in [-0.3, -0.25) is 0 Å². The van der Waals surface area contributed by atoms with Crippen LogP contribution >= 0.6 is 0 Å². The first kappa shape index (κ1) is 13.0. The lowest BCUT2D eigenvalue weighted by atomic mass is 10.1. The minimum Gasteiger partial charge on any atom is -0.314 e. The third kappa shape index (κ3) is 8.30. The largest absolute Gasteiger partial charge is 0.476 e. The molecular weight excluding hydrogens is 200 g/mol. The summed E-state index contributed by atoms with van der Waals surface area (Å²) in [5.41, 5.74) is -0.481. The average Bonchev–Trinajstić information content (AvgIpc) is 2.08. The first-order valence-electron chi connectivity index (χ1n) is 4.04. The molecule has 82 valence electrons. The van der Waals surface area contributed by atoms with Gasteiger partial charge in [-0.15, -0.1) is 6.42 Å². The molecule has 2 amide bonds. The van der Waals surface area contributed by atoms with E-state index in [4.69, 9.17) is 6.42 Å². The molecule has 0 rings (SSSR count). The Labute approximate surface area is 87.6 Å². The number of carbonyl (C=O) groups excluding carboxylic acids is 2. The molecular formula is C9H12N2O4. The van der Waals surface area contributed by atoms with Gasteiger partial charge >= 0.3 is 12.2 Å². The Morgan fingerprint density at radius 2 is 2.00 bits per heavy atom. The van der Waals surface area contributed by atoms with Crippen molar-refractivity contribution in [3.05, 3.63) is 0 Å². The molecule has 0 aromatic carbocycles. The minimum atomic E-state index is -1.10. The molecule has 0 unspecified atom stereocenters. The minimum absolute atomic E-state index is 0.481. The predicted octanol–water partition coefficient (Wildman–Crippen LogP) is 1.27. The number of hydrogen-bond donors (Lipinski definition) is 1. The van der Waals surface area contributed by atoms with E-state index in [-0.39, 0.29) is 0 Å². The van der Waals surface area contributed by atoms with Crippen LogP contribution < -0.4 is 5.32 Å². The number of rotatable bonds is 0. The summed E-state index contributed by atoms with van der Waals surface area (Å²) in [5, 5.41) is 2.40. The monoisotopic (exact) mass is 212 g/mol. The fraction of sp³-hybridized carbons (Fsp3) is 0.444. The lowest BCUT2D eigenvalue weighted by Gasteiger charge is -2.18. The van der Waals surface area contributed by atoms with E-state index in [0.29, 0.717) is 0 Å². The Balaban J connectivity index is 3.88. The van der Waals surface area contributed by atoms with Gasteiger partial charge in [0, 0.05) is 5.54 Å². The fourth-order valence-electron chi connectivity index (χ4n) is 0.512. The maximum absolute atomic E-state index is 10.9. The molecule has 0 aliphatic rings. The second kappa shape index (κ2) is 5.65. The highest BCUT2D eigenvalue weighted by atomic mass is 17.2. The summed E-state index contributed by atoms with van der Waals surface area (Å²) in [4.78, 5) is 32.8. The summed E-state index contributed by atoms with van der Waals surface area (Å²) in [7, 11) is 0. The van der Waals surface area contributed by atoms with Crippen LogP contribution in [0.2, 0.25) is 0 Å². The van der Waals surface area contributed by atoms with E-state index in [1.165, 1.54) is 0 Å². The van der Waals surface area contributed by atoms with E-state index >= 15 is 0 Å². The molecule has 0 aromatic rings. The number of nitrogens with zero attached hydrogens (tertiary/aromatic N) is 1. The first-order valence-corrected chi connectivity index (χ1v) is 4.04. The quantitative estimate of drug-likeness (QED) is 0.284. The van der Waals surface area contributed by atoms with Crippen molar-refractivity contribution in [1.29, 1.82) is 0 Å². The van der Waals surface area contributed by atoms with Crippen molar-refractivity contribution in [2.75, 3.05) is 0 Å². The Bertz CT molecular complexity index is 309. The zero-order valence-electron chi connectivity index (χ0n) is 8.73. The Hall–Kier alpha value is -2.03. The summed E-state index contributed by atoms with van der Waals surface area (Å²) in [6.45, 7) is 5.23. The lowest BCUT2D eigenvalue weighted by Crippen LogP contribution is -2.41. The van der Waals surface area contributed by atoms with Crippen LogP contribution in [0.1, 0.15) is 20.8 Å². The van der Waals surface area contributed by atoms with E-state index in [2.05, 4.69) is 20.1 Å². The van der Waals surface area contributed by atoms with Crippen LogP contribution in [0.3, 0.4) is 0 Å². The van der Waals surface area contributed by atoms with Crippen molar-refractivity contribution < 1.29 is 19.4 Å². The average molecular weight is 212 g/mol. The SMILES string of the molecule is C#C/C=N/C(=O)OOC(=O)NC(C)(C)C. The second-order valence-corrected chi connectivity index (χ2v) is 3.52. The van der Waals surface area contributed by atoms with Gasteiger partial charge in [0.2, 0.25) is 0 Å². The van der Waals surface area contributed by atoms with Crippen LogP contribution in [0.5, 0.6) is 0 Å². The summed E-state index contributed by atoms with van der Waals surface area (Å²) >= 11 is 0. The van der Waals surface area contributed by atoms with Gasteiger partial charge in [0.15, 0.2) is 0 Å². The zero-order valence-corrected chi connectivity index (χ0v) is 8.73. The van der Waals surface area contributed by atoms with E-state index < -0.39 is 17.7 Å². The first-order chi connectivity index (χ1) is 6.85. The molecule has 0 saturated heterocycles. The molecule has 0 aromatic heterocycles. The molecule has 6 heteroatoms. The molecule has 0 heterocycles. The highest BCUT2D eigenvalue weighted by molar-refractivity contribution is 5.87. The number of nitrogens with one attached hydrogen (secondary N) is 1. The smallest absolute Gasteiger partial charge is 0.314 e. The van der Waals surface area contributed by atoms with Crippen molar-refractivity contribution >= 4 is 18.4 Å². The van der Waals surface area contributed by atoms with E-state index in [9.17, 15) is 9.59 Å². The summed E-state index contributed by atoms with van der Waals surface area (Å²) in [6, 6.07) is 0. The van der Waals surface area contributed by atoms with Crippen LogP contribution in [0.25, 0.3) is 0 Å². The number of terminal acetylenes is 1. The highest BCUT2D eigenvalue weighted by Gasteiger charge is 2.16. The molecule has 6 nitrogen and oxygen atoms in total. The van der Waals surface area contributed by atoms with Crippen LogP contribution in [0.15, 0.2) is 4.99 Å². The second-order valence-electron chi connectivity index (χ2n) is 3.52. The number of carbonyl (C=O) groups is 2. The lowest BCUT2D eigenvalue weighted by molar-refractivity contribution is -0.176. The number of amides is 2. The van der Waals surface area contributed by atoms with E-state index in [1.807, 2.05) is 5.92 Å². The van der Waals surface area contributed by atoms with Crippen LogP contribution in [-0.4, -0.2) is 23.9 Å². The summed E-state index contributed by atoms with van der Waals surface area (Å²) in [5.74, 6) is 1.98. The van der Waals surface area contributed by atoms with Crippen molar-refractivity contribution in [1.82, 2.24) is 5.32 Å². The Morgan fingerprint density at radius 1 is 1.40 bits per heavy atom. The molecule has 0 radical (unpaired) electrons. The fourth-order valence-corrected chi connectivity index (χ4v) is 0.512. The van der Waals surface area contributed by atoms with Crippen LogP contribution in [-0.2, 0) is 9.78 Å². The van der Waals surface area contributed by atoms with Crippen molar-refractivity contribution in [3.63, 3.8) is 0 Å². The Kier molecular flexibility index (Phi) is 4.88. The standard InChI is InChI=1S/C9H12N2O4/c1-5-6-10-7(12)14-15-8(13)11-9(2,3)4/h1,6H,2-4H3,(H,11,13)/b10-6+. The van der Waals surface area contributed by atoms with Gasteiger partial charge in [0.05, 0.1) is 6.21 Å². The highest BCUT2D eigenvalue weighted by Crippen LogP contribution is 1.99. The third-order valence-electron chi connectivity index (χ3n) is 0.910. The molecule has 0 bridgehead atoms. The third-order valence-corrected chi connectivity index (χ3v) is 0.910. The molecule has 0 aliphatic heterocycles. The van der Waals surface area contributed by atoms with Crippen molar-refractivity contribution in [3.8, 4) is 12.3 Å². The summed E-state index contributed by atoms with van der Waals surface area (Å²) < 4.78 is 0. The van der Waals surface area contributed by atoms with E-state index in [1.54, 1.807) is 20.8 Å². The predicted molar refractivity (Wildman–Crippen MR) is 53.2 cm³/mol. The van der Waals surface area contributed by atoms with Crippen molar-refractivity contribution in [2.24, 2.45) is 4.99 Å². The van der Waals surface area contributed by atoms with Gasteiger partial charge in [-0.2, -0.15) is 4.99 Å². The van der Waals surface area contributed by atoms with Gasteiger partial charge in [0.25, 0.3) is 0 Å². The van der Waals surface area contributed by atoms with Gasteiger partial charge in [0.1, 0.15) is 0 Å². The molecule has 15 heavy (non-hydrogen) atoms. The maximum Gasteiger partial charge on any atom is 0.476 e. The van der Waals surface area contributed by atoms with Gasteiger partial charge in [-0.25, -0.2) is 19.4 Å². The van der Waals surface area contributed by atoms with Gasteiger partial charge < -0.3 is 5.32 Å². The molecule has 0 aliphatic carbocycles. The molecule has 0 spiro atoms. The van der Waals surface area contributed by atoms with Crippen LogP contribution in [0, 0.1) is 12.3 Å². The molecule has 0 saturated carbocycles. The summed E-state index contributed by atoms with van der Waals surface area (Å²) in [6.07, 6.45) is 3.69. The molecule has 0 fully saturated rings. The van der Waals surface area contributed by atoms with Gasteiger partial charge in [-0.1, -0.05) is 5.92 Å². The van der Waals surface area contributed by atoms with Gasteiger partial charge in [-0.05, 0) is 20.8 Å². The van der Waals surface area contributed by atoms with E-state index in [0.717, 1.165) is 6.21 Å². The number of aliphatic imine (C=N–C) groups is 1. The van der Waals surface area contributed by atoms with Crippen LogP contribution in [0.4, 0.5) is 9.59 Å². The topological polar surface area (TPSA) is 77.0 Å². The van der Waals surface area contributed by atoms with Crippen molar-refractivity contribution in [2.45, 2.75) is 26.3 Å². The normalized spacial score (nSPS) is 10.5. The number of hydrogen-bond acceptors (Lipinski definition) is 4. The molecule has 1 N–H and O–H groups in total. The Morgan fingerprint density at radius 3 is 2.47 bits per heavy atom. The zero-order chi connectivity index (χ0) is 11.9. The maximum atomic E-state index is 10.9.